The molecule has 73 heavy (non-hydrogen) atoms. The third kappa shape index (κ3) is 10.4. The minimum atomic E-state index is -5.57. The number of nitrogens with one attached hydrogen (secondary N) is 1. The number of carbonyl (C=O) groups is 1. The van der Waals surface area contributed by atoms with Gasteiger partial charge in [0.1, 0.15) is 37.6 Å². The smallest absolute Gasteiger partial charge is 0.383 e. The van der Waals surface area contributed by atoms with Crippen LogP contribution in [-0.2, 0) is 51.7 Å². The second-order valence-corrected chi connectivity index (χ2v) is 23.5. The molecule has 4 aromatic carbocycles. The highest BCUT2D eigenvalue weighted by Crippen LogP contribution is 2.67. The largest absolute Gasteiger partial charge is 0.490 e. The van der Waals surface area contributed by atoms with Crippen molar-refractivity contribution in [3.05, 3.63) is 138 Å². The molecule has 2 aromatic heterocycles. The van der Waals surface area contributed by atoms with Crippen molar-refractivity contribution in [2.45, 2.75) is 63.7 Å². The van der Waals surface area contributed by atoms with Crippen LogP contribution in [0, 0.1) is 11.8 Å². The molecule has 3 aliphatic rings. The predicted octanol–water partition coefficient (Wildman–Crippen LogP) is 8.96. The van der Waals surface area contributed by atoms with Crippen molar-refractivity contribution >= 4 is 84.9 Å². The number of hydrogen-bond donors (Lipinski definition) is 5. The minimum absolute atomic E-state index is 0.00368. The van der Waals surface area contributed by atoms with Crippen molar-refractivity contribution in [3.8, 4) is 11.8 Å². The molecule has 1 amide bonds. The fourth-order valence-corrected chi connectivity index (χ4v) is 13.5. The Balaban J connectivity index is 0.889. The van der Waals surface area contributed by atoms with Crippen LogP contribution in [0.4, 0.5) is 17.2 Å². The van der Waals surface area contributed by atoms with E-state index in [2.05, 4.69) is 163 Å². The van der Waals surface area contributed by atoms with E-state index >= 15 is 0 Å². The number of hydrogen-bond acceptors (Lipinski definition) is 13. The van der Waals surface area contributed by atoms with Gasteiger partial charge in [-0.05, 0) is 72.0 Å². The molecule has 1 fully saturated rings. The molecule has 380 valence electrons. The van der Waals surface area contributed by atoms with Crippen LogP contribution in [0.5, 0.6) is 0 Å². The number of phosphoric ester groups is 2. The molecular weight excluding hydrogens is 996 g/mol. The van der Waals surface area contributed by atoms with Crippen molar-refractivity contribution in [1.29, 1.82) is 0 Å². The van der Waals surface area contributed by atoms with Gasteiger partial charge in [0.2, 0.25) is 11.6 Å². The Morgan fingerprint density at radius 3 is 2.30 bits per heavy atom. The van der Waals surface area contributed by atoms with E-state index in [1.807, 2.05) is 24.3 Å². The first kappa shape index (κ1) is 51.8. The molecule has 0 spiro atoms. The molecule has 6 aromatic rings. The van der Waals surface area contributed by atoms with E-state index in [-0.39, 0.29) is 30.2 Å². The Kier molecular flexibility index (Phi) is 14.2. The van der Waals surface area contributed by atoms with Gasteiger partial charge in [-0.15, -0.1) is 0 Å². The van der Waals surface area contributed by atoms with E-state index in [4.69, 9.17) is 15.0 Å². The summed E-state index contributed by atoms with van der Waals surface area (Å²) in [7, 11) is -13.1. The molecule has 6 N–H and O–H groups in total. The fraction of sp³-hybridized carbons (Fsp3) is 0.294. The minimum Gasteiger partial charge on any atom is -0.383 e. The number of anilines is 2. The van der Waals surface area contributed by atoms with Crippen LogP contribution in [0.15, 0.2) is 121 Å². The van der Waals surface area contributed by atoms with Gasteiger partial charge < -0.3 is 39.9 Å². The monoisotopic (exact) mass is 1050 g/mol. The number of nitrogen functional groups attached to an aromatic ring is 1. The summed E-state index contributed by atoms with van der Waals surface area (Å²) < 4.78 is 63.0. The molecule has 3 aliphatic heterocycles. The number of allylic oxidation sites excluding steroid dienone is 6. The molecule has 0 bridgehead atoms. The summed E-state index contributed by atoms with van der Waals surface area (Å²) in [5.74, 6) is 6.04. The maximum Gasteiger partial charge on any atom is 0.490 e. The zero-order chi connectivity index (χ0) is 52.1. The summed E-state index contributed by atoms with van der Waals surface area (Å²) in [6, 6.07) is 25.3. The zero-order valence-electron chi connectivity index (χ0n) is 40.8. The Morgan fingerprint density at radius 2 is 1.58 bits per heavy atom. The maximum absolute atomic E-state index is 13.9. The summed E-state index contributed by atoms with van der Waals surface area (Å²) in [5.41, 5.74) is 13.2. The molecule has 19 nitrogen and oxygen atoms in total. The van der Waals surface area contributed by atoms with E-state index in [0.29, 0.717) is 36.5 Å². The third-order valence-electron chi connectivity index (χ3n) is 13.4. The number of nitrogens with zero attached hydrogens (tertiary/aromatic N) is 5. The van der Waals surface area contributed by atoms with Crippen molar-refractivity contribution in [2.24, 2.45) is 0 Å². The fourth-order valence-electron chi connectivity index (χ4n) is 10.2. The number of fused-ring (bicyclic) bond motifs is 7. The number of aromatic nitrogens is 3. The van der Waals surface area contributed by atoms with Gasteiger partial charge in [0.05, 0.1) is 35.6 Å². The van der Waals surface area contributed by atoms with E-state index in [9.17, 15) is 33.2 Å². The van der Waals surface area contributed by atoms with Crippen LogP contribution in [0.1, 0.15) is 63.5 Å². The van der Waals surface area contributed by atoms with Crippen LogP contribution < -0.4 is 16.0 Å². The van der Waals surface area contributed by atoms with Crippen LogP contribution in [0.25, 0.3) is 32.6 Å². The third-order valence-corrected chi connectivity index (χ3v) is 17.6. The number of phosphoric acid groups is 3. The van der Waals surface area contributed by atoms with Gasteiger partial charge in [-0.2, -0.15) is 13.2 Å². The molecule has 22 heteroatoms. The van der Waals surface area contributed by atoms with Gasteiger partial charge >= 0.3 is 23.5 Å². The predicted molar refractivity (Wildman–Crippen MR) is 278 cm³/mol. The van der Waals surface area contributed by atoms with Crippen LogP contribution in [-0.4, -0.2) is 85.4 Å². The molecule has 5 heterocycles. The highest BCUT2D eigenvalue weighted by atomic mass is 31.3. The lowest BCUT2D eigenvalue weighted by atomic mass is 9.79. The Hall–Kier alpha value is -6.09. The highest BCUT2D eigenvalue weighted by Gasteiger charge is 2.45. The number of nitrogens with two attached hydrogens (primary N) is 1. The van der Waals surface area contributed by atoms with Gasteiger partial charge in [0.25, 0.3) is 0 Å². The summed E-state index contributed by atoms with van der Waals surface area (Å²) in [5, 5.41) is 8.12. The average molecular weight is 1050 g/mol. The van der Waals surface area contributed by atoms with Crippen LogP contribution >= 0.6 is 23.5 Å². The van der Waals surface area contributed by atoms with Gasteiger partial charge in [-0.3, -0.25) is 13.8 Å². The van der Waals surface area contributed by atoms with E-state index < -0.39 is 47.8 Å². The second kappa shape index (κ2) is 20.0. The van der Waals surface area contributed by atoms with Crippen LogP contribution in [0.3, 0.4) is 0 Å². The van der Waals surface area contributed by atoms with Crippen molar-refractivity contribution in [1.82, 2.24) is 19.9 Å². The van der Waals surface area contributed by atoms with Crippen molar-refractivity contribution in [3.63, 3.8) is 0 Å². The topological polar surface area (TPSA) is 250 Å². The first-order valence-corrected chi connectivity index (χ1v) is 27.7. The summed E-state index contributed by atoms with van der Waals surface area (Å²) in [6.45, 7) is 8.37. The molecule has 1 saturated heterocycles. The summed E-state index contributed by atoms with van der Waals surface area (Å²) in [4.78, 5) is 53.5. The van der Waals surface area contributed by atoms with Crippen molar-refractivity contribution < 1.29 is 60.2 Å². The standard InChI is InChI=1S/C51H54N7O12P3/c1-50(2)41(56(5)39-25-22-33-15-10-12-18-37(33)46(39)50)20-8-7-9-21-42-51(3,4)47-38-19-13-11-16-34(38)23-26-40(47)57(42)30-43(59)53-28-14-17-35-29-58(49-45(35)48(52)54-32-55-49)44-27-24-36(68-44)31-67-72(62,63)70-73(64,65)69-71(60,61)66-6/h7-13,15-16,18-23,25-26,29,32,36,44H,24,27-28,30-31H2,1-6H3,(H5-,52,53,54,55,59,60,61,62,63,64,65)/p+1. The van der Waals surface area contributed by atoms with E-state index in [1.54, 1.807) is 10.8 Å². The quantitative estimate of drug-likeness (QED) is 0.0279. The second-order valence-electron chi connectivity index (χ2n) is 18.8. The number of rotatable bonds is 15. The molecule has 9 rings (SSSR count). The molecule has 0 aliphatic carbocycles. The summed E-state index contributed by atoms with van der Waals surface area (Å²) >= 11 is 0. The molecule has 5 atom stereocenters. The van der Waals surface area contributed by atoms with Gasteiger partial charge in [-0.1, -0.05) is 98.5 Å². The lowest BCUT2D eigenvalue weighted by Crippen LogP contribution is -2.37. The van der Waals surface area contributed by atoms with E-state index in [1.165, 1.54) is 34.1 Å². The van der Waals surface area contributed by atoms with E-state index in [0.717, 1.165) is 27.7 Å². The number of benzene rings is 4. The van der Waals surface area contributed by atoms with Crippen molar-refractivity contribution in [2.75, 3.05) is 44.5 Å². The molecule has 0 saturated carbocycles. The molecular formula is C51H55N7O12P3+. The number of amides is 1. The van der Waals surface area contributed by atoms with Gasteiger partial charge in [0.15, 0.2) is 5.71 Å². The van der Waals surface area contributed by atoms with Crippen LogP contribution in [0.2, 0.25) is 0 Å². The molecule has 0 radical (unpaired) electrons. The molecule has 5 unspecified atom stereocenters. The normalized spacial score (nSPS) is 21.2. The Labute approximate surface area is 421 Å². The lowest BCUT2D eigenvalue weighted by molar-refractivity contribution is -0.401. The lowest BCUT2D eigenvalue weighted by Gasteiger charge is -2.26. The zero-order valence-corrected chi connectivity index (χ0v) is 43.5. The average Bonchev–Trinajstić information content (AvgIpc) is 4.06. The summed E-state index contributed by atoms with van der Waals surface area (Å²) in [6.07, 6.45) is 12.6. The number of carbonyl (C=O) groups excluding carboxylic acids is 1. The van der Waals surface area contributed by atoms with Gasteiger partial charge in [-0.25, -0.2) is 23.7 Å². The van der Waals surface area contributed by atoms with Gasteiger partial charge in [0, 0.05) is 47.8 Å². The first-order chi connectivity index (χ1) is 34.6. The number of ether oxygens (including phenoxy) is 1. The first-order valence-electron chi connectivity index (χ1n) is 23.2. The SMILES string of the molecule is COP(=O)(O)OP(=O)(O)OP(=O)(O)OCC1CCC(n2cc(C#CCNC(=O)CN3C(=CC=CC=CC4=[N+](C)c5ccc6ccccc6c5C4(C)C)C(C)(C)c4c3ccc3ccccc43)c3c(N)ncnc32)O1. The Morgan fingerprint density at radius 1 is 0.890 bits per heavy atom. The maximum atomic E-state index is 13.9. The highest BCUT2D eigenvalue weighted by molar-refractivity contribution is 7.66. The Bertz CT molecular complexity index is 3560.